The SMILES string of the molecule is COC(=O)c1cc(C)c(OC(=O)CCCc2ccc(NC(=O)c3c(-c4ccccc4)cccc3C(F)(F)F)c(C(=O)N(C)C)c2)c(C)c1. The number of alkyl halides is 3. The van der Waals surface area contributed by atoms with Gasteiger partial charge in [-0.25, -0.2) is 4.79 Å². The Balaban J connectivity index is 1.54. The molecule has 0 atom stereocenters. The summed E-state index contributed by atoms with van der Waals surface area (Å²) in [6.45, 7) is 3.44. The molecule has 8 nitrogen and oxygen atoms in total. The van der Waals surface area contributed by atoms with E-state index in [1.165, 1.54) is 44.3 Å². The number of anilines is 1. The lowest BCUT2D eigenvalue weighted by Crippen LogP contribution is -2.25. The number of ether oxygens (including phenoxy) is 2. The van der Waals surface area contributed by atoms with E-state index >= 15 is 0 Å². The molecule has 4 aromatic carbocycles. The van der Waals surface area contributed by atoms with Gasteiger partial charge in [0.25, 0.3) is 11.8 Å². The lowest BCUT2D eigenvalue weighted by atomic mass is 9.94. The van der Waals surface area contributed by atoms with Crippen molar-refractivity contribution >= 4 is 29.4 Å². The number of aryl methyl sites for hydroxylation is 3. The lowest BCUT2D eigenvalue weighted by Gasteiger charge is -2.19. The van der Waals surface area contributed by atoms with Gasteiger partial charge < -0.3 is 19.7 Å². The van der Waals surface area contributed by atoms with Crippen molar-refractivity contribution in [3.63, 3.8) is 0 Å². The van der Waals surface area contributed by atoms with Gasteiger partial charge in [-0.3, -0.25) is 14.4 Å². The minimum atomic E-state index is -4.81. The molecule has 0 unspecified atom stereocenters. The molecule has 0 saturated carbocycles. The molecule has 2 amide bonds. The van der Waals surface area contributed by atoms with E-state index in [-0.39, 0.29) is 23.2 Å². The van der Waals surface area contributed by atoms with Gasteiger partial charge in [-0.2, -0.15) is 13.2 Å². The summed E-state index contributed by atoms with van der Waals surface area (Å²) in [5.74, 6) is -2.12. The maximum absolute atomic E-state index is 14.1. The monoisotopic (exact) mass is 660 g/mol. The molecule has 0 radical (unpaired) electrons. The third-order valence-electron chi connectivity index (χ3n) is 7.59. The molecule has 48 heavy (non-hydrogen) atoms. The summed E-state index contributed by atoms with van der Waals surface area (Å²) in [5, 5.41) is 2.55. The van der Waals surface area contributed by atoms with E-state index in [1.807, 2.05) is 0 Å². The normalized spacial score (nSPS) is 11.1. The Morgan fingerprint density at radius 1 is 0.854 bits per heavy atom. The average molecular weight is 661 g/mol. The zero-order chi connectivity index (χ0) is 35.2. The molecule has 11 heteroatoms. The molecule has 0 heterocycles. The first-order chi connectivity index (χ1) is 22.7. The van der Waals surface area contributed by atoms with Crippen molar-refractivity contribution in [2.24, 2.45) is 0 Å². The minimum absolute atomic E-state index is 0.0409. The van der Waals surface area contributed by atoms with Gasteiger partial charge in [0.1, 0.15) is 5.75 Å². The van der Waals surface area contributed by atoms with Crippen LogP contribution in [0.5, 0.6) is 5.75 Å². The second-order valence-electron chi connectivity index (χ2n) is 11.4. The van der Waals surface area contributed by atoms with Gasteiger partial charge in [-0.05, 0) is 84.8 Å². The Bertz CT molecular complexity index is 1830. The first-order valence-corrected chi connectivity index (χ1v) is 15.0. The molecule has 250 valence electrons. The number of rotatable bonds is 10. The first kappa shape index (κ1) is 35.4. The summed E-state index contributed by atoms with van der Waals surface area (Å²) in [5.41, 5.74) is 1.19. The highest BCUT2D eigenvalue weighted by Gasteiger charge is 2.37. The van der Waals surface area contributed by atoms with Gasteiger partial charge >= 0.3 is 18.1 Å². The summed E-state index contributed by atoms with van der Waals surface area (Å²) in [6.07, 6.45) is -4.04. The predicted octanol–water partition coefficient (Wildman–Crippen LogP) is 7.66. The van der Waals surface area contributed by atoms with Gasteiger partial charge in [0.05, 0.1) is 35.1 Å². The summed E-state index contributed by atoms with van der Waals surface area (Å²) in [7, 11) is 4.32. The van der Waals surface area contributed by atoms with E-state index in [0.29, 0.717) is 46.4 Å². The fourth-order valence-electron chi connectivity index (χ4n) is 5.30. The fraction of sp³-hybridized carbons (Fsp3) is 0.243. The zero-order valence-corrected chi connectivity index (χ0v) is 27.2. The van der Waals surface area contributed by atoms with Crippen LogP contribution in [0.2, 0.25) is 0 Å². The Labute approximate surface area is 276 Å². The standard InChI is InChI=1S/C37H35F3N2O6/c1-22-19-26(36(46)47-5)20-23(2)33(22)48-31(43)16-9-11-24-17-18-30(28(21-24)35(45)42(3)4)41-34(44)32-27(25-12-7-6-8-13-25)14-10-15-29(32)37(38,39)40/h6-8,10,12-15,17-21H,9,11,16H2,1-5H3,(H,41,44). The maximum Gasteiger partial charge on any atom is 0.417 e. The van der Waals surface area contributed by atoms with Crippen molar-refractivity contribution in [2.45, 2.75) is 39.3 Å². The molecule has 0 aliphatic rings. The molecule has 0 spiro atoms. The molecule has 0 fully saturated rings. The quantitative estimate of drug-likeness (QED) is 0.139. The third kappa shape index (κ3) is 8.28. The number of hydrogen-bond donors (Lipinski definition) is 1. The third-order valence-corrected chi connectivity index (χ3v) is 7.59. The van der Waals surface area contributed by atoms with Crippen LogP contribution < -0.4 is 10.1 Å². The Morgan fingerprint density at radius 3 is 2.12 bits per heavy atom. The van der Waals surface area contributed by atoms with E-state index in [4.69, 9.17) is 9.47 Å². The van der Waals surface area contributed by atoms with Crippen molar-refractivity contribution in [3.8, 4) is 16.9 Å². The smallest absolute Gasteiger partial charge is 0.417 e. The number of nitrogens with one attached hydrogen (secondary N) is 1. The van der Waals surface area contributed by atoms with E-state index < -0.39 is 41.1 Å². The minimum Gasteiger partial charge on any atom is -0.465 e. The largest absolute Gasteiger partial charge is 0.465 e. The number of hydrogen-bond acceptors (Lipinski definition) is 6. The Morgan fingerprint density at radius 2 is 1.52 bits per heavy atom. The van der Waals surface area contributed by atoms with E-state index in [2.05, 4.69) is 5.32 Å². The number of nitrogens with zero attached hydrogens (tertiary/aromatic N) is 1. The highest BCUT2D eigenvalue weighted by atomic mass is 19.4. The second kappa shape index (κ2) is 15.0. The second-order valence-corrected chi connectivity index (χ2v) is 11.4. The number of methoxy groups -OCH3 is 1. The van der Waals surface area contributed by atoms with E-state index in [0.717, 1.165) is 6.07 Å². The summed E-state index contributed by atoms with van der Waals surface area (Å²) >= 11 is 0. The van der Waals surface area contributed by atoms with Gasteiger partial charge in [-0.15, -0.1) is 0 Å². The van der Waals surface area contributed by atoms with Crippen LogP contribution in [-0.4, -0.2) is 49.9 Å². The number of benzene rings is 4. The molecular weight excluding hydrogens is 625 g/mol. The number of carbonyl (C=O) groups is 4. The number of esters is 2. The van der Waals surface area contributed by atoms with Crippen LogP contribution in [-0.2, 0) is 22.1 Å². The van der Waals surface area contributed by atoms with Crippen LogP contribution in [0.1, 0.15) is 66.2 Å². The van der Waals surface area contributed by atoms with Crippen LogP contribution in [0.3, 0.4) is 0 Å². The van der Waals surface area contributed by atoms with Crippen molar-refractivity contribution in [3.05, 3.63) is 118 Å². The molecule has 1 N–H and O–H groups in total. The van der Waals surface area contributed by atoms with E-state index in [9.17, 15) is 32.3 Å². The molecule has 0 saturated heterocycles. The van der Waals surface area contributed by atoms with Gasteiger partial charge in [0.2, 0.25) is 0 Å². The van der Waals surface area contributed by atoms with Crippen molar-refractivity contribution in [1.82, 2.24) is 4.90 Å². The summed E-state index contributed by atoms with van der Waals surface area (Å²) in [6, 6.07) is 19.6. The van der Waals surface area contributed by atoms with Gasteiger partial charge in [0, 0.05) is 20.5 Å². The maximum atomic E-state index is 14.1. The number of carbonyl (C=O) groups excluding carboxylic acids is 4. The van der Waals surface area contributed by atoms with Crippen molar-refractivity contribution in [2.75, 3.05) is 26.5 Å². The molecule has 0 aliphatic heterocycles. The van der Waals surface area contributed by atoms with Gasteiger partial charge in [-0.1, -0.05) is 48.5 Å². The Kier molecular flexibility index (Phi) is 11.0. The molecule has 0 aliphatic carbocycles. The molecule has 4 aromatic rings. The van der Waals surface area contributed by atoms with Crippen LogP contribution >= 0.6 is 0 Å². The van der Waals surface area contributed by atoms with Crippen LogP contribution in [0.4, 0.5) is 18.9 Å². The molecule has 4 rings (SSSR count). The predicted molar refractivity (Wildman–Crippen MR) is 175 cm³/mol. The molecular formula is C37H35F3N2O6. The highest BCUT2D eigenvalue weighted by molar-refractivity contribution is 6.12. The molecule has 0 aromatic heterocycles. The summed E-state index contributed by atoms with van der Waals surface area (Å²) in [4.78, 5) is 52.6. The fourth-order valence-corrected chi connectivity index (χ4v) is 5.30. The zero-order valence-electron chi connectivity index (χ0n) is 27.2. The van der Waals surface area contributed by atoms with Crippen molar-refractivity contribution < 1.29 is 41.8 Å². The van der Waals surface area contributed by atoms with Crippen LogP contribution in [0, 0.1) is 13.8 Å². The summed E-state index contributed by atoms with van der Waals surface area (Å²) < 4.78 is 52.7. The number of halogens is 3. The Hall–Kier alpha value is -5.45. The van der Waals surface area contributed by atoms with Crippen LogP contribution in [0.25, 0.3) is 11.1 Å². The van der Waals surface area contributed by atoms with Gasteiger partial charge in [0.15, 0.2) is 0 Å². The highest BCUT2D eigenvalue weighted by Crippen LogP contribution is 2.37. The number of amides is 2. The lowest BCUT2D eigenvalue weighted by molar-refractivity contribution is -0.138. The van der Waals surface area contributed by atoms with Crippen molar-refractivity contribution in [1.29, 1.82) is 0 Å². The van der Waals surface area contributed by atoms with Crippen LogP contribution in [0.15, 0.2) is 78.9 Å². The topological polar surface area (TPSA) is 102 Å². The average Bonchev–Trinajstić information content (AvgIpc) is 3.05. The first-order valence-electron chi connectivity index (χ1n) is 15.0. The molecule has 0 bridgehead atoms. The van der Waals surface area contributed by atoms with E-state index in [1.54, 1.807) is 68.4 Å².